The summed E-state index contributed by atoms with van der Waals surface area (Å²) in [7, 11) is 0. The minimum atomic E-state index is -0.659. The lowest BCUT2D eigenvalue weighted by Crippen LogP contribution is -2.15. The second-order valence-electron chi connectivity index (χ2n) is 7.42. The number of aromatic nitrogens is 5. The van der Waals surface area contributed by atoms with Crippen LogP contribution in [0.1, 0.15) is 17.1 Å². The van der Waals surface area contributed by atoms with Crippen LogP contribution in [0.5, 0.6) is 0 Å². The number of fused-ring (bicyclic) bond motifs is 3. The molecule has 0 aliphatic rings. The van der Waals surface area contributed by atoms with Crippen molar-refractivity contribution < 1.29 is 13.9 Å². The number of hydrogen-bond donors (Lipinski definition) is 0. The molecule has 0 bridgehead atoms. The zero-order valence-corrected chi connectivity index (χ0v) is 17.6. The Bertz CT molecular complexity index is 1530. The van der Waals surface area contributed by atoms with E-state index in [9.17, 15) is 9.18 Å². The molecule has 2 heterocycles. The van der Waals surface area contributed by atoms with E-state index in [1.807, 2.05) is 48.5 Å². The molecule has 5 aromatic rings. The number of benzene rings is 3. The van der Waals surface area contributed by atoms with Crippen LogP contribution < -0.4 is 0 Å². The summed E-state index contributed by atoms with van der Waals surface area (Å²) in [6.45, 7) is 1.61. The maximum Gasteiger partial charge on any atom is 0.357 e. The summed E-state index contributed by atoms with van der Waals surface area (Å²) in [5.41, 5.74) is 1.99. The van der Waals surface area contributed by atoms with Crippen molar-refractivity contribution in [3.05, 3.63) is 95.7 Å². The molecule has 0 aliphatic heterocycles. The number of tetrazole rings is 1. The van der Waals surface area contributed by atoms with E-state index in [0.717, 1.165) is 21.7 Å². The predicted octanol–water partition coefficient (Wildman–Crippen LogP) is 4.56. The minimum absolute atomic E-state index is 0.0498. The molecule has 0 saturated carbocycles. The average Bonchev–Trinajstić information content (AvgIpc) is 3.26. The van der Waals surface area contributed by atoms with Crippen molar-refractivity contribution in [1.82, 2.24) is 25.2 Å². The molecular formula is C25H18FN5O2. The molecular weight excluding hydrogens is 421 g/mol. The lowest BCUT2D eigenvalue weighted by atomic mass is 10.0. The first-order chi connectivity index (χ1) is 16.1. The number of carbonyl (C=O) groups is 1. The maximum absolute atomic E-state index is 13.7. The molecule has 0 unspecified atom stereocenters. The van der Waals surface area contributed by atoms with Crippen LogP contribution in [0.25, 0.3) is 33.4 Å². The molecule has 0 spiro atoms. The number of rotatable bonds is 5. The number of hydrogen-bond acceptors (Lipinski definition) is 6. The fourth-order valence-electron chi connectivity index (χ4n) is 3.71. The van der Waals surface area contributed by atoms with Gasteiger partial charge in [-0.25, -0.2) is 14.2 Å². The number of esters is 1. The zero-order chi connectivity index (χ0) is 22.8. The van der Waals surface area contributed by atoms with Crippen molar-refractivity contribution in [2.24, 2.45) is 0 Å². The van der Waals surface area contributed by atoms with Crippen LogP contribution in [0, 0.1) is 12.7 Å². The lowest BCUT2D eigenvalue weighted by molar-refractivity contribution is -0.138. The van der Waals surface area contributed by atoms with Gasteiger partial charge in [-0.05, 0) is 52.6 Å². The molecule has 2 aromatic heterocycles. The van der Waals surface area contributed by atoms with Crippen LogP contribution in [0.15, 0.2) is 72.8 Å². The second kappa shape index (κ2) is 8.58. The van der Waals surface area contributed by atoms with E-state index in [4.69, 9.17) is 9.72 Å². The summed E-state index contributed by atoms with van der Waals surface area (Å²) in [4.78, 5) is 17.8. The van der Waals surface area contributed by atoms with Crippen molar-refractivity contribution in [3.63, 3.8) is 0 Å². The molecule has 0 atom stereocenters. The Labute approximate surface area is 188 Å². The van der Waals surface area contributed by atoms with E-state index >= 15 is 0 Å². The SMILES string of the molecule is Cc1nnnn1/C(=C\c1cccc(F)c1)C(=O)OCc1nc2ccccc2c2ccccc12. The molecule has 5 rings (SSSR count). The summed E-state index contributed by atoms with van der Waals surface area (Å²) in [6.07, 6.45) is 1.49. The zero-order valence-electron chi connectivity index (χ0n) is 17.6. The van der Waals surface area contributed by atoms with E-state index < -0.39 is 11.8 Å². The lowest BCUT2D eigenvalue weighted by Gasteiger charge is -2.12. The second-order valence-corrected chi connectivity index (χ2v) is 7.42. The van der Waals surface area contributed by atoms with E-state index in [2.05, 4.69) is 15.5 Å². The number of para-hydroxylation sites is 1. The Morgan fingerprint density at radius 3 is 2.52 bits per heavy atom. The minimum Gasteiger partial charge on any atom is -0.454 e. The van der Waals surface area contributed by atoms with Crippen LogP contribution >= 0.6 is 0 Å². The first kappa shape index (κ1) is 20.4. The normalized spacial score (nSPS) is 11.8. The Kier molecular flexibility index (Phi) is 5.32. The number of halogens is 1. The van der Waals surface area contributed by atoms with E-state index in [0.29, 0.717) is 17.1 Å². The van der Waals surface area contributed by atoms with Gasteiger partial charge in [-0.2, -0.15) is 4.68 Å². The summed E-state index contributed by atoms with van der Waals surface area (Å²) < 4.78 is 20.6. The first-order valence-electron chi connectivity index (χ1n) is 10.3. The van der Waals surface area contributed by atoms with Gasteiger partial charge in [0.05, 0.1) is 11.2 Å². The molecule has 33 heavy (non-hydrogen) atoms. The highest BCUT2D eigenvalue weighted by molar-refractivity contribution is 6.15. The summed E-state index contributed by atoms with van der Waals surface area (Å²) in [5.74, 6) is -0.686. The highest BCUT2D eigenvalue weighted by Crippen LogP contribution is 2.27. The third-order valence-electron chi connectivity index (χ3n) is 5.24. The monoisotopic (exact) mass is 439 g/mol. The number of pyridine rings is 1. The Hall–Kier alpha value is -4.46. The van der Waals surface area contributed by atoms with Gasteiger partial charge in [0.2, 0.25) is 0 Å². The third-order valence-corrected chi connectivity index (χ3v) is 5.24. The highest BCUT2D eigenvalue weighted by Gasteiger charge is 2.19. The van der Waals surface area contributed by atoms with Gasteiger partial charge in [-0.3, -0.25) is 0 Å². The quantitative estimate of drug-likeness (QED) is 0.227. The van der Waals surface area contributed by atoms with Crippen molar-refractivity contribution in [3.8, 4) is 0 Å². The van der Waals surface area contributed by atoms with E-state index in [1.54, 1.807) is 19.1 Å². The summed E-state index contributed by atoms with van der Waals surface area (Å²) in [6, 6.07) is 21.5. The molecule has 0 radical (unpaired) electrons. The van der Waals surface area contributed by atoms with Crippen LogP contribution in [0.2, 0.25) is 0 Å². The van der Waals surface area contributed by atoms with Crippen LogP contribution in [0.4, 0.5) is 4.39 Å². The predicted molar refractivity (Wildman–Crippen MR) is 122 cm³/mol. The van der Waals surface area contributed by atoms with Crippen molar-refractivity contribution in [2.75, 3.05) is 0 Å². The fraction of sp³-hybridized carbons (Fsp3) is 0.0800. The van der Waals surface area contributed by atoms with Gasteiger partial charge in [-0.1, -0.05) is 54.6 Å². The standard InChI is InChI=1S/C25H18FN5O2/c1-16-28-29-30-31(16)24(14-17-7-6-8-18(26)13-17)25(32)33-15-23-21-11-3-2-9-19(21)20-10-4-5-12-22(20)27-23/h2-14H,15H2,1H3/b24-14-. The van der Waals surface area contributed by atoms with E-state index in [-0.39, 0.29) is 12.3 Å². The summed E-state index contributed by atoms with van der Waals surface area (Å²) in [5, 5.41) is 14.3. The highest BCUT2D eigenvalue weighted by atomic mass is 19.1. The smallest absolute Gasteiger partial charge is 0.357 e. The van der Waals surface area contributed by atoms with Gasteiger partial charge in [0.1, 0.15) is 12.4 Å². The van der Waals surface area contributed by atoms with Gasteiger partial charge >= 0.3 is 5.97 Å². The number of nitrogens with zero attached hydrogens (tertiary/aromatic N) is 5. The summed E-state index contributed by atoms with van der Waals surface area (Å²) >= 11 is 0. The molecule has 0 fully saturated rings. The van der Waals surface area contributed by atoms with Gasteiger partial charge in [0.15, 0.2) is 11.5 Å². The molecule has 162 valence electrons. The van der Waals surface area contributed by atoms with Gasteiger partial charge in [-0.15, -0.1) is 5.10 Å². The maximum atomic E-state index is 13.7. The number of carbonyl (C=O) groups excluding carboxylic acids is 1. The van der Waals surface area contributed by atoms with Crippen LogP contribution in [-0.4, -0.2) is 31.2 Å². The van der Waals surface area contributed by atoms with E-state index in [1.165, 1.54) is 22.9 Å². The Morgan fingerprint density at radius 2 is 1.76 bits per heavy atom. The van der Waals surface area contributed by atoms with Crippen molar-refractivity contribution in [2.45, 2.75) is 13.5 Å². The fourth-order valence-corrected chi connectivity index (χ4v) is 3.71. The van der Waals surface area contributed by atoms with Crippen LogP contribution in [0.3, 0.4) is 0 Å². The molecule has 0 aliphatic carbocycles. The molecule has 0 saturated heterocycles. The van der Waals surface area contributed by atoms with Gasteiger partial charge < -0.3 is 4.74 Å². The molecule has 8 heteroatoms. The average molecular weight is 439 g/mol. The molecule has 0 N–H and O–H groups in total. The number of ether oxygens (including phenoxy) is 1. The van der Waals surface area contributed by atoms with Gasteiger partial charge in [0.25, 0.3) is 0 Å². The first-order valence-corrected chi connectivity index (χ1v) is 10.3. The number of aryl methyl sites for hydroxylation is 1. The van der Waals surface area contributed by atoms with Crippen LogP contribution in [-0.2, 0) is 16.1 Å². The Morgan fingerprint density at radius 1 is 1.00 bits per heavy atom. The van der Waals surface area contributed by atoms with Crippen molar-refractivity contribution >= 4 is 39.4 Å². The van der Waals surface area contributed by atoms with Crippen molar-refractivity contribution in [1.29, 1.82) is 0 Å². The largest absolute Gasteiger partial charge is 0.454 e. The Balaban J connectivity index is 1.51. The molecule has 7 nitrogen and oxygen atoms in total. The molecule has 0 amide bonds. The third kappa shape index (κ3) is 4.06. The van der Waals surface area contributed by atoms with Gasteiger partial charge in [0, 0.05) is 10.8 Å². The molecule has 3 aromatic carbocycles. The topological polar surface area (TPSA) is 82.8 Å².